The minimum absolute atomic E-state index is 0.275. The average molecular weight is 327 g/mol. The van der Waals surface area contributed by atoms with E-state index in [1.165, 1.54) is 32.2 Å². The molecule has 0 aliphatic heterocycles. The van der Waals surface area contributed by atoms with Crippen molar-refractivity contribution in [2.45, 2.75) is 44.2 Å². The van der Waals surface area contributed by atoms with Crippen LogP contribution < -0.4 is 5.32 Å². The first kappa shape index (κ1) is 15.6. The Morgan fingerprint density at radius 3 is 2.62 bits per heavy atom. The Morgan fingerprint density at radius 1 is 1.24 bits per heavy atom. The molecule has 116 valence electrons. The van der Waals surface area contributed by atoms with Gasteiger partial charge in [-0.15, -0.1) is 0 Å². The molecular formula is C17H24Cl2N2. The molecule has 2 fully saturated rings. The Morgan fingerprint density at radius 2 is 2.00 bits per heavy atom. The van der Waals surface area contributed by atoms with Crippen molar-refractivity contribution in [1.82, 2.24) is 10.2 Å². The summed E-state index contributed by atoms with van der Waals surface area (Å²) in [5.41, 5.74) is 1.12. The molecule has 2 aliphatic rings. The van der Waals surface area contributed by atoms with Crippen molar-refractivity contribution in [3.8, 4) is 0 Å². The van der Waals surface area contributed by atoms with Gasteiger partial charge in [-0.2, -0.15) is 0 Å². The minimum atomic E-state index is 0.275. The number of halogens is 2. The highest BCUT2D eigenvalue weighted by molar-refractivity contribution is 6.42. The van der Waals surface area contributed by atoms with Crippen molar-refractivity contribution in [2.75, 3.05) is 20.1 Å². The van der Waals surface area contributed by atoms with E-state index in [2.05, 4.69) is 16.3 Å². The highest BCUT2D eigenvalue weighted by atomic mass is 35.5. The van der Waals surface area contributed by atoms with Crippen LogP contribution in [0.3, 0.4) is 0 Å². The second-order valence-corrected chi connectivity index (χ2v) is 7.23. The predicted molar refractivity (Wildman–Crippen MR) is 90.2 cm³/mol. The summed E-state index contributed by atoms with van der Waals surface area (Å²) < 4.78 is 0. The lowest BCUT2D eigenvalue weighted by Crippen LogP contribution is -2.32. The van der Waals surface area contributed by atoms with Gasteiger partial charge in [-0.3, -0.25) is 0 Å². The molecule has 0 bridgehead atoms. The molecule has 21 heavy (non-hydrogen) atoms. The van der Waals surface area contributed by atoms with Crippen LogP contribution >= 0.6 is 23.2 Å². The standard InChI is InChI=1S/C17H24Cl2N2/c1-20-16(14-3-2-4-15(18)17(14)19)9-10-21(13-7-8-13)11-12-5-6-12/h2-4,12-13,16,20H,5-11H2,1H3. The molecule has 1 aromatic carbocycles. The van der Waals surface area contributed by atoms with Gasteiger partial charge in [0.25, 0.3) is 0 Å². The van der Waals surface area contributed by atoms with Gasteiger partial charge in [0, 0.05) is 25.2 Å². The molecule has 2 aliphatic carbocycles. The van der Waals surface area contributed by atoms with E-state index in [1.807, 2.05) is 19.2 Å². The van der Waals surface area contributed by atoms with Crippen molar-refractivity contribution in [3.05, 3.63) is 33.8 Å². The average Bonchev–Trinajstić information content (AvgIpc) is 3.36. The molecule has 1 unspecified atom stereocenters. The SMILES string of the molecule is CNC(CCN(CC1CC1)C1CC1)c1cccc(Cl)c1Cl. The van der Waals surface area contributed by atoms with Gasteiger partial charge in [-0.25, -0.2) is 0 Å². The largest absolute Gasteiger partial charge is 0.313 e. The molecule has 3 rings (SSSR count). The van der Waals surface area contributed by atoms with Gasteiger partial charge in [0.2, 0.25) is 0 Å². The van der Waals surface area contributed by atoms with Crippen molar-refractivity contribution in [1.29, 1.82) is 0 Å². The molecule has 2 nitrogen and oxygen atoms in total. The summed E-state index contributed by atoms with van der Waals surface area (Å²) in [6.07, 6.45) is 6.71. The molecular weight excluding hydrogens is 303 g/mol. The fourth-order valence-corrected chi connectivity index (χ4v) is 3.47. The van der Waals surface area contributed by atoms with E-state index < -0.39 is 0 Å². The van der Waals surface area contributed by atoms with Gasteiger partial charge in [0.15, 0.2) is 0 Å². The van der Waals surface area contributed by atoms with Gasteiger partial charge in [0.05, 0.1) is 10.0 Å². The first-order valence-electron chi connectivity index (χ1n) is 8.04. The molecule has 0 aromatic heterocycles. The van der Waals surface area contributed by atoms with E-state index in [0.29, 0.717) is 10.0 Å². The van der Waals surface area contributed by atoms with Crippen molar-refractivity contribution >= 4 is 23.2 Å². The Hall–Kier alpha value is -0.280. The van der Waals surface area contributed by atoms with Gasteiger partial charge in [-0.1, -0.05) is 35.3 Å². The van der Waals surface area contributed by atoms with E-state index in [0.717, 1.165) is 30.5 Å². The Kier molecular flexibility index (Phi) is 5.11. The molecule has 4 heteroatoms. The molecule has 1 N–H and O–H groups in total. The molecule has 1 atom stereocenters. The number of rotatable bonds is 8. The van der Waals surface area contributed by atoms with Crippen molar-refractivity contribution < 1.29 is 0 Å². The fraction of sp³-hybridized carbons (Fsp3) is 0.647. The van der Waals surface area contributed by atoms with Crippen LogP contribution in [0.25, 0.3) is 0 Å². The van der Waals surface area contributed by atoms with Gasteiger partial charge < -0.3 is 10.2 Å². The topological polar surface area (TPSA) is 15.3 Å². The van der Waals surface area contributed by atoms with Gasteiger partial charge >= 0.3 is 0 Å². The summed E-state index contributed by atoms with van der Waals surface area (Å²) in [5, 5.41) is 4.74. The zero-order valence-corrected chi connectivity index (χ0v) is 14.1. The van der Waals surface area contributed by atoms with E-state index in [9.17, 15) is 0 Å². The van der Waals surface area contributed by atoms with Gasteiger partial charge in [-0.05, 0) is 56.7 Å². The monoisotopic (exact) mass is 326 g/mol. The molecule has 0 heterocycles. The fourth-order valence-electron chi connectivity index (χ4n) is 3.03. The lowest BCUT2D eigenvalue weighted by Gasteiger charge is -2.25. The quantitative estimate of drug-likeness (QED) is 0.755. The second-order valence-electron chi connectivity index (χ2n) is 6.44. The van der Waals surface area contributed by atoms with Crippen LogP contribution in [0.4, 0.5) is 0 Å². The summed E-state index contributed by atoms with van der Waals surface area (Å²) in [7, 11) is 2.00. The summed E-state index contributed by atoms with van der Waals surface area (Å²) in [5.74, 6) is 0.966. The van der Waals surface area contributed by atoms with Gasteiger partial charge in [0.1, 0.15) is 0 Å². The highest BCUT2D eigenvalue weighted by Gasteiger charge is 2.33. The number of hydrogen-bond donors (Lipinski definition) is 1. The maximum atomic E-state index is 6.37. The zero-order chi connectivity index (χ0) is 14.8. The third-order valence-electron chi connectivity index (χ3n) is 4.66. The third-order valence-corrected chi connectivity index (χ3v) is 5.50. The predicted octanol–water partition coefficient (Wildman–Crippen LogP) is 4.52. The third kappa shape index (κ3) is 4.13. The maximum absolute atomic E-state index is 6.37. The molecule has 0 radical (unpaired) electrons. The van der Waals surface area contributed by atoms with Crippen LogP contribution in [0.1, 0.15) is 43.7 Å². The van der Waals surface area contributed by atoms with Crippen LogP contribution in [-0.4, -0.2) is 31.1 Å². The molecule has 1 aromatic rings. The Bertz CT molecular complexity index is 484. The maximum Gasteiger partial charge on any atom is 0.0640 e. The summed E-state index contributed by atoms with van der Waals surface area (Å²) in [4.78, 5) is 2.69. The van der Waals surface area contributed by atoms with Crippen LogP contribution in [0, 0.1) is 5.92 Å². The first-order chi connectivity index (χ1) is 10.2. The van der Waals surface area contributed by atoms with Crippen LogP contribution in [-0.2, 0) is 0 Å². The molecule has 0 amide bonds. The molecule has 2 saturated carbocycles. The van der Waals surface area contributed by atoms with Crippen molar-refractivity contribution in [3.63, 3.8) is 0 Å². The van der Waals surface area contributed by atoms with E-state index in [-0.39, 0.29) is 6.04 Å². The van der Waals surface area contributed by atoms with E-state index in [4.69, 9.17) is 23.2 Å². The zero-order valence-electron chi connectivity index (χ0n) is 12.6. The summed E-state index contributed by atoms with van der Waals surface area (Å²) in [6.45, 7) is 2.44. The number of nitrogens with one attached hydrogen (secondary N) is 1. The summed E-state index contributed by atoms with van der Waals surface area (Å²) in [6, 6.07) is 7.03. The Balaban J connectivity index is 1.61. The van der Waals surface area contributed by atoms with Crippen molar-refractivity contribution in [2.24, 2.45) is 5.92 Å². The Labute approximate surface area is 137 Å². The smallest absolute Gasteiger partial charge is 0.0640 e. The van der Waals surface area contributed by atoms with Crippen LogP contribution in [0.5, 0.6) is 0 Å². The number of nitrogens with zero attached hydrogens (tertiary/aromatic N) is 1. The van der Waals surface area contributed by atoms with E-state index in [1.54, 1.807) is 0 Å². The second kappa shape index (κ2) is 6.87. The number of benzene rings is 1. The molecule has 0 saturated heterocycles. The minimum Gasteiger partial charge on any atom is -0.313 e. The normalized spacial score (nSPS) is 20.0. The van der Waals surface area contributed by atoms with E-state index >= 15 is 0 Å². The van der Waals surface area contributed by atoms with Crippen LogP contribution in [0.15, 0.2) is 18.2 Å². The van der Waals surface area contributed by atoms with Crippen LogP contribution in [0.2, 0.25) is 10.0 Å². The lowest BCUT2D eigenvalue weighted by atomic mass is 10.0. The summed E-state index contributed by atoms with van der Waals surface area (Å²) >= 11 is 12.5. The lowest BCUT2D eigenvalue weighted by molar-refractivity contribution is 0.239. The highest BCUT2D eigenvalue weighted by Crippen LogP contribution is 2.36. The number of hydrogen-bond acceptors (Lipinski definition) is 2. The molecule has 0 spiro atoms. The first-order valence-corrected chi connectivity index (χ1v) is 8.80.